The molecule has 6 heteroatoms. The number of carbonyl (C=O) groups is 1. The van der Waals surface area contributed by atoms with Crippen molar-refractivity contribution in [3.05, 3.63) is 0 Å². The zero-order chi connectivity index (χ0) is 15.3. The summed E-state index contributed by atoms with van der Waals surface area (Å²) in [5.41, 5.74) is 0. The van der Waals surface area contributed by atoms with Gasteiger partial charge in [-0.15, -0.1) is 0 Å². The minimum atomic E-state index is -1.88. The van der Waals surface area contributed by atoms with Crippen molar-refractivity contribution in [3.63, 3.8) is 0 Å². The molecule has 2 fully saturated rings. The van der Waals surface area contributed by atoms with E-state index >= 15 is 0 Å². The average molecular weight is 302 g/mol. The van der Waals surface area contributed by atoms with Crippen LogP contribution in [0.15, 0.2) is 0 Å². The van der Waals surface area contributed by atoms with Gasteiger partial charge in [0.15, 0.2) is 32.3 Å². The maximum Gasteiger partial charge on any atom is 0.197 e. The first-order valence-corrected chi connectivity index (χ1v) is 10.0. The van der Waals surface area contributed by atoms with Crippen molar-refractivity contribution in [2.45, 2.75) is 77.0 Å². The summed E-state index contributed by atoms with van der Waals surface area (Å²) < 4.78 is 22.8. The fraction of sp³-hybridized carbons (Fsp3) is 0.929. The van der Waals surface area contributed by atoms with Crippen LogP contribution in [0.4, 0.5) is 0 Å². The molecule has 2 aliphatic rings. The molecule has 0 saturated carbocycles. The van der Waals surface area contributed by atoms with Gasteiger partial charge >= 0.3 is 0 Å². The Balaban J connectivity index is 1.93. The van der Waals surface area contributed by atoms with Crippen LogP contribution in [0.25, 0.3) is 0 Å². The molecule has 2 saturated heterocycles. The van der Waals surface area contributed by atoms with Crippen molar-refractivity contribution in [2.24, 2.45) is 0 Å². The first kappa shape index (κ1) is 16.1. The zero-order valence-electron chi connectivity index (χ0n) is 13.5. The van der Waals surface area contributed by atoms with Gasteiger partial charge in [0.25, 0.3) is 0 Å². The summed E-state index contributed by atoms with van der Waals surface area (Å²) in [7, 11) is -1.88. The molecule has 0 aromatic heterocycles. The second-order valence-electron chi connectivity index (χ2n) is 7.52. The molecule has 0 spiro atoms. The van der Waals surface area contributed by atoms with E-state index < -0.39 is 32.6 Å². The summed E-state index contributed by atoms with van der Waals surface area (Å²) >= 11 is 0. The van der Waals surface area contributed by atoms with Crippen molar-refractivity contribution in [1.82, 2.24) is 0 Å². The molecule has 116 valence electrons. The van der Waals surface area contributed by atoms with Gasteiger partial charge in [-0.2, -0.15) is 0 Å². The molecule has 20 heavy (non-hydrogen) atoms. The summed E-state index contributed by atoms with van der Waals surface area (Å²) in [6, 6.07) is 0. The number of fused-ring (bicyclic) bond motifs is 1. The lowest BCUT2D eigenvalue weighted by Gasteiger charge is -2.36. The van der Waals surface area contributed by atoms with Crippen LogP contribution in [0.5, 0.6) is 0 Å². The van der Waals surface area contributed by atoms with Crippen LogP contribution in [0.1, 0.15) is 34.6 Å². The first-order chi connectivity index (χ1) is 8.93. The highest BCUT2D eigenvalue weighted by Gasteiger charge is 2.54. The fourth-order valence-corrected chi connectivity index (χ4v) is 3.06. The van der Waals surface area contributed by atoms with Gasteiger partial charge in [0.05, 0.1) is 6.61 Å². The summed E-state index contributed by atoms with van der Waals surface area (Å²) in [6.07, 6.45) is -1.78. The summed E-state index contributed by atoms with van der Waals surface area (Å²) in [6.45, 7) is 14.7. The monoisotopic (exact) mass is 302 g/mol. The maximum atomic E-state index is 12.2. The van der Waals surface area contributed by atoms with E-state index in [9.17, 15) is 4.79 Å². The van der Waals surface area contributed by atoms with Crippen LogP contribution in [-0.4, -0.2) is 45.0 Å². The molecule has 0 radical (unpaired) electrons. The summed E-state index contributed by atoms with van der Waals surface area (Å²) in [5, 5.41) is 0.111. The normalized spacial score (nSPS) is 33.5. The van der Waals surface area contributed by atoms with E-state index in [0.29, 0.717) is 0 Å². The van der Waals surface area contributed by atoms with E-state index in [0.717, 1.165) is 0 Å². The van der Waals surface area contributed by atoms with Gasteiger partial charge in [0.2, 0.25) is 0 Å². The van der Waals surface area contributed by atoms with Crippen molar-refractivity contribution in [3.8, 4) is 0 Å². The molecule has 2 heterocycles. The van der Waals surface area contributed by atoms with Gasteiger partial charge in [0.1, 0.15) is 6.10 Å². The maximum absolute atomic E-state index is 12.2. The predicted octanol–water partition coefficient (Wildman–Crippen LogP) is 2.45. The molecule has 0 bridgehead atoms. The van der Waals surface area contributed by atoms with Crippen molar-refractivity contribution >= 4 is 14.1 Å². The first-order valence-electron chi connectivity index (χ1n) is 7.12. The number of carbonyl (C=O) groups excluding carboxylic acids is 1. The molecular formula is C14H26O5Si. The van der Waals surface area contributed by atoms with E-state index in [1.165, 1.54) is 0 Å². The Morgan fingerprint density at radius 2 is 1.85 bits per heavy atom. The quantitative estimate of drug-likeness (QED) is 0.750. The van der Waals surface area contributed by atoms with Crippen LogP contribution in [-0.2, 0) is 23.4 Å². The van der Waals surface area contributed by atoms with Crippen molar-refractivity contribution < 1.29 is 23.4 Å². The van der Waals surface area contributed by atoms with Gasteiger partial charge in [-0.3, -0.25) is 4.79 Å². The Kier molecular flexibility index (Phi) is 3.93. The molecule has 1 unspecified atom stereocenters. The predicted molar refractivity (Wildman–Crippen MR) is 76.9 cm³/mol. The van der Waals surface area contributed by atoms with Gasteiger partial charge in [-0.05, 0) is 32.0 Å². The Morgan fingerprint density at radius 3 is 2.35 bits per heavy atom. The third kappa shape index (κ3) is 2.99. The molecule has 0 aliphatic carbocycles. The minimum absolute atomic E-state index is 0.0701. The van der Waals surface area contributed by atoms with Crippen molar-refractivity contribution in [2.75, 3.05) is 6.61 Å². The molecule has 0 aromatic carbocycles. The van der Waals surface area contributed by atoms with Crippen molar-refractivity contribution in [1.29, 1.82) is 0 Å². The van der Waals surface area contributed by atoms with Gasteiger partial charge in [-0.25, -0.2) is 0 Å². The lowest BCUT2D eigenvalue weighted by Crippen LogP contribution is -2.44. The number of ketones is 1. The Labute approximate surface area is 122 Å². The Bertz CT molecular complexity index is 399. The van der Waals surface area contributed by atoms with E-state index in [1.54, 1.807) is 13.8 Å². The highest BCUT2D eigenvalue weighted by Crippen LogP contribution is 2.38. The highest BCUT2D eigenvalue weighted by atomic mass is 28.4. The zero-order valence-corrected chi connectivity index (χ0v) is 14.5. The molecular weight excluding hydrogens is 276 g/mol. The lowest BCUT2D eigenvalue weighted by molar-refractivity contribution is -0.206. The Morgan fingerprint density at radius 1 is 1.25 bits per heavy atom. The fourth-order valence-electron chi connectivity index (χ4n) is 2.06. The number of ether oxygens (including phenoxy) is 3. The molecule has 0 aromatic rings. The largest absolute Gasteiger partial charge is 0.414 e. The average Bonchev–Trinajstić information content (AvgIpc) is 2.69. The lowest BCUT2D eigenvalue weighted by atomic mass is 10.2. The van der Waals surface area contributed by atoms with Gasteiger partial charge in [0, 0.05) is 0 Å². The van der Waals surface area contributed by atoms with E-state index in [1.807, 2.05) is 0 Å². The molecule has 2 aliphatic heterocycles. The topological polar surface area (TPSA) is 54.0 Å². The number of Topliss-reactive ketones (excluding diaryl/α,β-unsaturated/α-hetero) is 1. The third-order valence-corrected chi connectivity index (χ3v) is 8.86. The van der Waals surface area contributed by atoms with Gasteiger partial charge < -0.3 is 18.6 Å². The van der Waals surface area contributed by atoms with Crippen LogP contribution >= 0.6 is 0 Å². The van der Waals surface area contributed by atoms with E-state index in [-0.39, 0.29) is 17.4 Å². The Hall–Kier alpha value is -0.273. The standard InChI is InChI=1S/C14H26O5Si/c1-13(2,3)20(6,7)16-8-9-10(15)11-12(17-9)19-14(4,5)18-11/h9,11-12H,8H2,1-7H3/t9?,11-,12-/m1/s1. The second-order valence-corrected chi connectivity index (χ2v) is 12.3. The molecule has 3 atom stereocenters. The van der Waals surface area contributed by atoms with Crippen LogP contribution < -0.4 is 0 Å². The number of rotatable bonds is 3. The molecule has 0 amide bonds. The van der Waals surface area contributed by atoms with E-state index in [4.69, 9.17) is 18.6 Å². The second kappa shape index (κ2) is 4.88. The van der Waals surface area contributed by atoms with Crippen LogP contribution in [0.3, 0.4) is 0 Å². The summed E-state index contributed by atoms with van der Waals surface area (Å²) in [5.74, 6) is -0.824. The highest BCUT2D eigenvalue weighted by molar-refractivity contribution is 6.74. The molecule has 0 N–H and O–H groups in total. The number of hydrogen-bond donors (Lipinski definition) is 0. The minimum Gasteiger partial charge on any atom is -0.414 e. The summed E-state index contributed by atoms with van der Waals surface area (Å²) in [4.78, 5) is 12.2. The smallest absolute Gasteiger partial charge is 0.197 e. The molecule has 5 nitrogen and oxygen atoms in total. The van der Waals surface area contributed by atoms with Gasteiger partial charge in [-0.1, -0.05) is 20.8 Å². The third-order valence-electron chi connectivity index (χ3n) is 4.36. The van der Waals surface area contributed by atoms with Crippen LogP contribution in [0, 0.1) is 0 Å². The van der Waals surface area contributed by atoms with Crippen LogP contribution in [0.2, 0.25) is 18.1 Å². The molecule has 2 rings (SSSR count). The SMILES string of the molecule is CC1(C)O[C@H]2OC(CO[Si](C)(C)C(C)(C)C)C(=O)[C@H]2O1. The number of hydrogen-bond acceptors (Lipinski definition) is 5. The van der Waals surface area contributed by atoms with E-state index in [2.05, 4.69) is 33.9 Å².